The summed E-state index contributed by atoms with van der Waals surface area (Å²) in [6.45, 7) is 15.7. The third kappa shape index (κ3) is 17.6. The quantitative estimate of drug-likeness (QED) is 0.0571. The molecule has 0 aliphatic carbocycles. The summed E-state index contributed by atoms with van der Waals surface area (Å²) in [7, 11) is 7.82. The Balaban J connectivity index is 1.36. The van der Waals surface area contributed by atoms with Crippen molar-refractivity contribution in [1.82, 2.24) is 29.8 Å². The molecule has 0 saturated carbocycles. The Labute approximate surface area is 474 Å². The average molecular weight is 1120 g/mol. The number of methoxy groups -OCH3 is 2. The number of likely N-dealkylation sites (N-methyl/N-ethyl adjacent to an activating group) is 3. The van der Waals surface area contributed by atoms with Crippen molar-refractivity contribution in [3.8, 4) is 0 Å². The number of hydrogen-bond acceptors (Lipinski definition) is 13. The molecule has 1 unspecified atom stereocenters. The number of rotatable bonds is 31. The van der Waals surface area contributed by atoms with Crippen LogP contribution >= 0.6 is 11.8 Å². The Morgan fingerprint density at radius 3 is 1.97 bits per heavy atom. The van der Waals surface area contributed by atoms with Gasteiger partial charge in [-0.2, -0.15) is 11.8 Å². The number of benzene rings is 2. The first-order valence-electron chi connectivity index (χ1n) is 28.2. The molecule has 0 spiro atoms. The normalized spacial score (nSPS) is 19.1. The molecule has 2 N–H and O–H groups in total. The topological polar surface area (TPSA) is 213 Å². The first-order chi connectivity index (χ1) is 37.4. The summed E-state index contributed by atoms with van der Waals surface area (Å²) < 4.78 is 17.8. The first kappa shape index (κ1) is 66.1. The summed E-state index contributed by atoms with van der Waals surface area (Å²) in [4.78, 5) is 116. The molecule has 2 fully saturated rings. The molecule has 7 amide bonds. The fraction of sp³-hybridized carbons (Fsp3) is 0.667. The molecule has 440 valence electrons. The molecular formula is C60H92N6O12S. The summed E-state index contributed by atoms with van der Waals surface area (Å²) in [6.07, 6.45) is 3.66. The van der Waals surface area contributed by atoms with E-state index in [9.17, 15) is 43.5 Å². The molecule has 2 aromatic rings. The third-order valence-corrected chi connectivity index (χ3v) is 17.0. The van der Waals surface area contributed by atoms with Gasteiger partial charge in [-0.15, -0.1) is 0 Å². The molecule has 0 bridgehead atoms. The number of ketones is 1. The van der Waals surface area contributed by atoms with E-state index < -0.39 is 66.4 Å². The van der Waals surface area contributed by atoms with Crippen LogP contribution in [0.5, 0.6) is 0 Å². The number of carbonyl (C=O) groups excluding carboxylic acids is 8. The van der Waals surface area contributed by atoms with Crippen molar-refractivity contribution in [1.29, 1.82) is 0 Å². The van der Waals surface area contributed by atoms with Crippen LogP contribution in [0, 0.1) is 23.7 Å². The van der Waals surface area contributed by atoms with Crippen LogP contribution in [0.3, 0.4) is 0 Å². The van der Waals surface area contributed by atoms with Gasteiger partial charge in [-0.05, 0) is 73.3 Å². The molecule has 79 heavy (non-hydrogen) atoms. The van der Waals surface area contributed by atoms with E-state index in [-0.39, 0.29) is 84.2 Å². The zero-order valence-electron chi connectivity index (χ0n) is 49.5. The van der Waals surface area contributed by atoms with E-state index in [1.54, 1.807) is 62.0 Å². The molecule has 2 saturated heterocycles. The van der Waals surface area contributed by atoms with Gasteiger partial charge in [0.2, 0.25) is 35.4 Å². The number of nitrogens with one attached hydrogen (secondary N) is 1. The van der Waals surface area contributed by atoms with E-state index in [0.717, 1.165) is 12.0 Å². The number of aliphatic hydroxyl groups excluding tert-OH is 1. The second-order valence-electron chi connectivity index (χ2n) is 22.4. The van der Waals surface area contributed by atoms with Crippen molar-refractivity contribution >= 4 is 59.1 Å². The number of carbonyl (C=O) groups is 8. The van der Waals surface area contributed by atoms with E-state index in [1.165, 1.54) is 47.7 Å². The highest BCUT2D eigenvalue weighted by atomic mass is 32.2. The number of thioether (sulfide) groups is 1. The predicted molar refractivity (Wildman–Crippen MR) is 305 cm³/mol. The summed E-state index contributed by atoms with van der Waals surface area (Å²) in [5, 5.41) is 13.6. The Morgan fingerprint density at radius 2 is 1.41 bits per heavy atom. The summed E-state index contributed by atoms with van der Waals surface area (Å²) in [5.74, 6) is -2.99. The summed E-state index contributed by atoms with van der Waals surface area (Å²) in [5.41, 5.74) is 2.19. The van der Waals surface area contributed by atoms with Crippen LogP contribution in [-0.2, 0) is 60.8 Å². The highest BCUT2D eigenvalue weighted by Crippen LogP contribution is 2.31. The number of ether oxygens (including phenoxy) is 3. The number of unbranched alkanes of at least 4 members (excludes halogenated alkanes) is 2. The minimum Gasteiger partial charge on any atom is -0.445 e. The second-order valence-corrected chi connectivity index (χ2v) is 23.4. The maximum Gasteiger partial charge on any atom is 0.410 e. The predicted octanol–water partition coefficient (Wildman–Crippen LogP) is 7.08. The number of imide groups is 1. The standard InChI is InChI=1S/C60H92N6O12S/c1-15-39(6)53(47(76-12)34-49(68)65-32-22-26-46(65)55(77-13)40(7)56(71)61-41(8)54(70)44-23-18-16-19-24-44)63(10)58(73)51(37(2)3)62(9)59(74)52(38(4)5)64(11)60(75)78-36-43-29-27-42(28-30-43)33-45(67)25-20-17-21-31-66-50(69)35-48(79-14)57(66)72/h16,18-19,23-24,27-30,37-41,46-48,51-55,70H,15,17,20-22,25-26,31-36H2,1-14H3,(H,61,71)/t39-,40+,41+,46-,47+,48?,51-,52-,53-,54+,55+/m0/s1. The van der Waals surface area contributed by atoms with Gasteiger partial charge in [0.05, 0.1) is 54.0 Å². The lowest BCUT2D eigenvalue weighted by atomic mass is 9.89. The van der Waals surface area contributed by atoms with E-state index in [1.807, 2.05) is 78.1 Å². The van der Waals surface area contributed by atoms with Crippen LogP contribution in [0.4, 0.5) is 4.79 Å². The van der Waals surface area contributed by atoms with Gasteiger partial charge in [0.1, 0.15) is 24.5 Å². The highest BCUT2D eigenvalue weighted by molar-refractivity contribution is 8.00. The molecule has 19 heteroatoms. The molecule has 11 atom stereocenters. The van der Waals surface area contributed by atoms with Crippen LogP contribution in [-0.4, -0.2) is 179 Å². The van der Waals surface area contributed by atoms with Crippen molar-refractivity contribution in [3.63, 3.8) is 0 Å². The maximum absolute atomic E-state index is 14.9. The molecule has 18 nitrogen and oxygen atoms in total. The lowest BCUT2D eigenvalue weighted by Crippen LogP contribution is -2.60. The maximum atomic E-state index is 14.9. The van der Waals surface area contributed by atoms with E-state index >= 15 is 0 Å². The minimum absolute atomic E-state index is 0.0547. The van der Waals surface area contributed by atoms with E-state index in [2.05, 4.69) is 5.32 Å². The number of Topliss-reactive ketones (excluding diaryl/α,β-unsaturated/α-hetero) is 1. The molecule has 0 aromatic heterocycles. The second kappa shape index (κ2) is 31.6. The number of aliphatic hydroxyl groups is 1. The lowest BCUT2D eigenvalue weighted by molar-refractivity contribution is -0.154. The first-order valence-corrected chi connectivity index (χ1v) is 29.5. The van der Waals surface area contributed by atoms with Gasteiger partial charge < -0.3 is 39.3 Å². The van der Waals surface area contributed by atoms with E-state index in [0.29, 0.717) is 62.7 Å². The number of amides is 7. The largest absolute Gasteiger partial charge is 0.445 e. The minimum atomic E-state index is -0.986. The SMILES string of the molecule is CC[C@H](C)[C@@H]([C@@H](CC(=O)N1CCC[C@H]1[C@H](OC)[C@@H](C)C(=O)N[C@H](C)[C@@H](O)c1ccccc1)OC)N(C)C(=O)[C@H](C(C)C)N(C)C(=O)[C@H](C(C)C)N(C)C(=O)OCc1ccc(CC(=O)CCCCCN2C(=O)CC(SC)C2=O)cc1. The van der Waals surface area contributed by atoms with Gasteiger partial charge in [0.15, 0.2) is 0 Å². The Morgan fingerprint density at radius 1 is 0.797 bits per heavy atom. The third-order valence-electron chi connectivity index (χ3n) is 16.1. The average Bonchev–Trinajstić information content (AvgIpc) is 4.03. The van der Waals surface area contributed by atoms with Gasteiger partial charge in [0.25, 0.3) is 0 Å². The monoisotopic (exact) mass is 1120 g/mol. The number of likely N-dealkylation sites (tertiary alicyclic amines) is 2. The van der Waals surface area contributed by atoms with Crippen molar-refractivity contribution < 1.29 is 57.7 Å². The van der Waals surface area contributed by atoms with Crippen molar-refractivity contribution in [2.75, 3.05) is 54.7 Å². The van der Waals surface area contributed by atoms with Crippen LogP contribution in [0.15, 0.2) is 54.6 Å². The Hall–Kier alpha value is -5.37. The number of nitrogens with zero attached hydrogens (tertiary/aromatic N) is 5. The molecule has 2 aliphatic rings. The smallest absolute Gasteiger partial charge is 0.410 e. The van der Waals surface area contributed by atoms with Crippen LogP contribution < -0.4 is 5.32 Å². The van der Waals surface area contributed by atoms with Gasteiger partial charge in [-0.1, -0.05) is 116 Å². The fourth-order valence-corrected chi connectivity index (χ4v) is 11.9. The van der Waals surface area contributed by atoms with Gasteiger partial charge in [-0.25, -0.2) is 4.79 Å². The van der Waals surface area contributed by atoms with Crippen LogP contribution in [0.25, 0.3) is 0 Å². The molecule has 2 aliphatic heterocycles. The van der Waals surface area contributed by atoms with Crippen molar-refractivity contribution in [2.24, 2.45) is 23.7 Å². The van der Waals surface area contributed by atoms with Gasteiger partial charge >= 0.3 is 6.09 Å². The van der Waals surface area contributed by atoms with E-state index in [4.69, 9.17) is 14.2 Å². The van der Waals surface area contributed by atoms with Crippen molar-refractivity contribution in [3.05, 3.63) is 71.3 Å². The van der Waals surface area contributed by atoms with Gasteiger partial charge in [-0.3, -0.25) is 43.4 Å². The zero-order valence-corrected chi connectivity index (χ0v) is 50.3. The summed E-state index contributed by atoms with van der Waals surface area (Å²) in [6, 6.07) is 12.8. The molecule has 2 heterocycles. The highest BCUT2D eigenvalue weighted by Gasteiger charge is 2.45. The molecule has 0 radical (unpaired) electrons. The van der Waals surface area contributed by atoms with Gasteiger partial charge in [0, 0.05) is 67.7 Å². The van der Waals surface area contributed by atoms with Crippen molar-refractivity contribution in [2.45, 2.75) is 180 Å². The zero-order chi connectivity index (χ0) is 58.8. The van der Waals surface area contributed by atoms with Crippen LogP contribution in [0.2, 0.25) is 0 Å². The molecule has 2 aromatic carbocycles. The number of hydrogen-bond donors (Lipinski definition) is 2. The molecule has 4 rings (SSSR count). The lowest BCUT2D eigenvalue weighted by Gasteiger charge is -2.43. The Bertz CT molecular complexity index is 2340. The fourth-order valence-electron chi connectivity index (χ4n) is 11.3. The molecular weight excluding hydrogens is 1030 g/mol. The van der Waals surface area contributed by atoms with Crippen LogP contribution in [0.1, 0.15) is 136 Å². The summed E-state index contributed by atoms with van der Waals surface area (Å²) >= 11 is 1.39. The Kier molecular flexibility index (Phi) is 26.4.